The van der Waals surface area contributed by atoms with Crippen molar-refractivity contribution in [3.8, 4) is 6.07 Å². The maximum Gasteiger partial charge on any atom is 0.107 e. The molecule has 0 radical (unpaired) electrons. The number of fused-ring (bicyclic) bond motifs is 1. The van der Waals surface area contributed by atoms with Crippen LogP contribution in [-0.2, 0) is 6.42 Å². The highest BCUT2D eigenvalue weighted by Gasteiger charge is 2.05. The standard InChI is InChI=1S/C12H13N3/c1-8(2)5-12-14-10-4-3-9(7-13)6-11(10)15-12/h3-4,6,8H,5H2,1-2H3,(H,14,15). The zero-order valence-electron chi connectivity index (χ0n) is 8.91. The van der Waals surface area contributed by atoms with E-state index >= 15 is 0 Å². The third kappa shape index (κ3) is 1.99. The molecule has 0 atom stereocenters. The Morgan fingerprint density at radius 1 is 1.47 bits per heavy atom. The van der Waals surface area contributed by atoms with Gasteiger partial charge < -0.3 is 4.98 Å². The van der Waals surface area contributed by atoms with E-state index in [0.29, 0.717) is 11.5 Å². The largest absolute Gasteiger partial charge is 0.342 e. The maximum absolute atomic E-state index is 8.76. The molecule has 3 heteroatoms. The number of benzene rings is 1. The third-order valence-corrected chi connectivity index (χ3v) is 2.26. The highest BCUT2D eigenvalue weighted by molar-refractivity contribution is 5.76. The second-order valence-electron chi connectivity index (χ2n) is 4.13. The number of nitrogens with zero attached hydrogens (tertiary/aromatic N) is 2. The molecule has 0 aliphatic heterocycles. The van der Waals surface area contributed by atoms with E-state index in [0.717, 1.165) is 23.3 Å². The molecule has 0 unspecified atom stereocenters. The molecule has 0 saturated carbocycles. The summed E-state index contributed by atoms with van der Waals surface area (Å²) >= 11 is 0. The Labute approximate surface area is 88.8 Å². The molecule has 1 N–H and O–H groups in total. The number of aromatic amines is 1. The molecule has 0 saturated heterocycles. The predicted octanol–water partition coefficient (Wildman–Crippen LogP) is 2.63. The summed E-state index contributed by atoms with van der Waals surface area (Å²) in [5, 5.41) is 8.76. The van der Waals surface area contributed by atoms with Crippen LogP contribution in [0.4, 0.5) is 0 Å². The highest BCUT2D eigenvalue weighted by Crippen LogP contribution is 2.15. The lowest BCUT2D eigenvalue weighted by Gasteiger charge is -1.98. The van der Waals surface area contributed by atoms with E-state index < -0.39 is 0 Å². The highest BCUT2D eigenvalue weighted by atomic mass is 14.9. The summed E-state index contributed by atoms with van der Waals surface area (Å²) < 4.78 is 0. The van der Waals surface area contributed by atoms with Gasteiger partial charge in [0.2, 0.25) is 0 Å². The van der Waals surface area contributed by atoms with E-state index in [1.165, 1.54) is 0 Å². The monoisotopic (exact) mass is 199 g/mol. The number of aromatic nitrogens is 2. The van der Waals surface area contributed by atoms with E-state index in [9.17, 15) is 0 Å². The van der Waals surface area contributed by atoms with Crippen molar-refractivity contribution in [2.75, 3.05) is 0 Å². The van der Waals surface area contributed by atoms with Crippen LogP contribution in [0.1, 0.15) is 25.2 Å². The summed E-state index contributed by atoms with van der Waals surface area (Å²) in [7, 11) is 0. The molecular weight excluding hydrogens is 186 g/mol. The summed E-state index contributed by atoms with van der Waals surface area (Å²) in [6, 6.07) is 7.64. The number of rotatable bonds is 2. The number of hydrogen-bond donors (Lipinski definition) is 1. The lowest BCUT2D eigenvalue weighted by molar-refractivity contribution is 0.627. The average molecular weight is 199 g/mol. The Bertz CT molecular complexity index is 517. The first kappa shape index (κ1) is 9.72. The second-order valence-corrected chi connectivity index (χ2v) is 4.13. The zero-order valence-corrected chi connectivity index (χ0v) is 8.91. The van der Waals surface area contributed by atoms with Crippen molar-refractivity contribution in [3.05, 3.63) is 29.6 Å². The topological polar surface area (TPSA) is 52.5 Å². The van der Waals surface area contributed by atoms with Gasteiger partial charge in [0.1, 0.15) is 5.82 Å². The summed E-state index contributed by atoms with van der Waals surface area (Å²) in [6.07, 6.45) is 0.941. The molecule has 0 fully saturated rings. The summed E-state index contributed by atoms with van der Waals surface area (Å²) in [6.45, 7) is 4.32. The maximum atomic E-state index is 8.76. The van der Waals surface area contributed by atoms with Crippen molar-refractivity contribution >= 4 is 11.0 Å². The zero-order chi connectivity index (χ0) is 10.8. The fraction of sp³-hybridized carbons (Fsp3) is 0.333. The first-order valence-corrected chi connectivity index (χ1v) is 5.08. The van der Waals surface area contributed by atoms with Crippen LogP contribution in [0, 0.1) is 17.2 Å². The van der Waals surface area contributed by atoms with E-state index in [1.54, 1.807) is 6.07 Å². The van der Waals surface area contributed by atoms with Gasteiger partial charge in [0.25, 0.3) is 0 Å². The van der Waals surface area contributed by atoms with Crippen LogP contribution in [0.25, 0.3) is 11.0 Å². The van der Waals surface area contributed by atoms with Crippen LogP contribution in [0.3, 0.4) is 0 Å². The van der Waals surface area contributed by atoms with E-state index in [2.05, 4.69) is 29.9 Å². The number of imidazole rings is 1. The lowest BCUT2D eigenvalue weighted by atomic mass is 10.1. The summed E-state index contributed by atoms with van der Waals surface area (Å²) in [5.74, 6) is 1.58. The minimum atomic E-state index is 0.584. The lowest BCUT2D eigenvalue weighted by Crippen LogP contribution is -1.95. The smallest absolute Gasteiger partial charge is 0.107 e. The Morgan fingerprint density at radius 2 is 2.27 bits per heavy atom. The van der Waals surface area contributed by atoms with Gasteiger partial charge in [-0.1, -0.05) is 13.8 Å². The summed E-state index contributed by atoms with van der Waals surface area (Å²) in [5.41, 5.74) is 2.55. The molecule has 1 heterocycles. The van der Waals surface area contributed by atoms with Crippen molar-refractivity contribution in [1.82, 2.24) is 9.97 Å². The Kier molecular flexibility index (Phi) is 2.42. The minimum Gasteiger partial charge on any atom is -0.342 e. The predicted molar refractivity (Wildman–Crippen MR) is 59.4 cm³/mol. The first-order chi connectivity index (χ1) is 7.19. The third-order valence-electron chi connectivity index (χ3n) is 2.26. The van der Waals surface area contributed by atoms with Crippen LogP contribution in [0.15, 0.2) is 18.2 Å². The van der Waals surface area contributed by atoms with Crippen LogP contribution in [0.5, 0.6) is 0 Å². The average Bonchev–Trinajstić information content (AvgIpc) is 2.57. The molecule has 0 bridgehead atoms. The van der Waals surface area contributed by atoms with Gasteiger partial charge in [-0.3, -0.25) is 0 Å². The fourth-order valence-electron chi connectivity index (χ4n) is 1.62. The van der Waals surface area contributed by atoms with Crippen molar-refractivity contribution < 1.29 is 0 Å². The van der Waals surface area contributed by atoms with E-state index in [4.69, 9.17) is 5.26 Å². The molecular formula is C12H13N3. The first-order valence-electron chi connectivity index (χ1n) is 5.08. The quantitative estimate of drug-likeness (QED) is 0.808. The molecule has 0 aliphatic carbocycles. The molecule has 1 aromatic carbocycles. The minimum absolute atomic E-state index is 0.584. The molecule has 76 valence electrons. The van der Waals surface area contributed by atoms with Crippen molar-refractivity contribution in [2.24, 2.45) is 5.92 Å². The van der Waals surface area contributed by atoms with Crippen LogP contribution >= 0.6 is 0 Å². The molecule has 15 heavy (non-hydrogen) atoms. The van der Waals surface area contributed by atoms with Crippen LogP contribution in [-0.4, -0.2) is 9.97 Å². The molecule has 0 spiro atoms. The van der Waals surface area contributed by atoms with Gasteiger partial charge in [-0.05, 0) is 24.1 Å². The number of nitriles is 1. The van der Waals surface area contributed by atoms with Crippen molar-refractivity contribution in [3.63, 3.8) is 0 Å². The van der Waals surface area contributed by atoms with Gasteiger partial charge in [-0.25, -0.2) is 4.98 Å². The fourth-order valence-corrected chi connectivity index (χ4v) is 1.62. The van der Waals surface area contributed by atoms with Gasteiger partial charge in [0, 0.05) is 6.42 Å². The molecule has 3 nitrogen and oxygen atoms in total. The van der Waals surface area contributed by atoms with Gasteiger partial charge in [-0.2, -0.15) is 5.26 Å². The van der Waals surface area contributed by atoms with E-state index in [-0.39, 0.29) is 0 Å². The Morgan fingerprint density at radius 3 is 2.93 bits per heavy atom. The number of H-pyrrole nitrogens is 1. The second kappa shape index (κ2) is 3.74. The van der Waals surface area contributed by atoms with Crippen molar-refractivity contribution in [1.29, 1.82) is 5.26 Å². The van der Waals surface area contributed by atoms with Crippen LogP contribution in [0.2, 0.25) is 0 Å². The Hall–Kier alpha value is -1.82. The van der Waals surface area contributed by atoms with Crippen molar-refractivity contribution in [2.45, 2.75) is 20.3 Å². The van der Waals surface area contributed by atoms with E-state index in [1.807, 2.05) is 12.1 Å². The van der Waals surface area contributed by atoms with Gasteiger partial charge in [-0.15, -0.1) is 0 Å². The van der Waals surface area contributed by atoms with Gasteiger partial charge in [0.15, 0.2) is 0 Å². The molecule has 2 rings (SSSR count). The number of nitrogens with one attached hydrogen (secondary N) is 1. The Balaban J connectivity index is 2.43. The van der Waals surface area contributed by atoms with Gasteiger partial charge in [0.05, 0.1) is 22.7 Å². The molecule has 0 aliphatic rings. The number of hydrogen-bond acceptors (Lipinski definition) is 2. The molecule has 1 aromatic heterocycles. The van der Waals surface area contributed by atoms with Crippen LogP contribution < -0.4 is 0 Å². The van der Waals surface area contributed by atoms with Gasteiger partial charge >= 0.3 is 0 Å². The normalized spacial score (nSPS) is 10.8. The SMILES string of the molecule is CC(C)Cc1nc2ccc(C#N)cc2[nH]1. The molecule has 2 aromatic rings. The summed E-state index contributed by atoms with van der Waals surface area (Å²) in [4.78, 5) is 7.70. The molecule has 0 amide bonds.